The number of nitro groups is 1. The Morgan fingerprint density at radius 2 is 1.90 bits per heavy atom. The Morgan fingerprint density at radius 1 is 1.21 bits per heavy atom. The molecule has 0 spiro atoms. The summed E-state index contributed by atoms with van der Waals surface area (Å²) < 4.78 is 48.3. The van der Waals surface area contributed by atoms with Gasteiger partial charge >= 0.3 is 12.1 Å². The van der Waals surface area contributed by atoms with E-state index in [0.717, 1.165) is 35.9 Å². The first kappa shape index (κ1) is 22.8. The third-order valence-corrected chi connectivity index (χ3v) is 4.22. The quantitative estimate of drug-likeness (QED) is 0.272. The fourth-order valence-corrected chi connectivity index (χ4v) is 2.37. The number of hydrogen-bond acceptors (Lipinski definition) is 5. The van der Waals surface area contributed by atoms with Crippen LogP contribution in [0.2, 0.25) is 5.02 Å². The van der Waals surface area contributed by atoms with Gasteiger partial charge in [-0.05, 0) is 24.3 Å². The second-order valence-corrected chi connectivity index (χ2v) is 6.42. The Hall–Kier alpha value is -2.49. The van der Waals surface area contributed by atoms with Gasteiger partial charge in [0.25, 0.3) is 5.69 Å². The summed E-state index contributed by atoms with van der Waals surface area (Å²) in [7, 11) is 0. The van der Waals surface area contributed by atoms with Crippen LogP contribution in [-0.2, 0) is 10.9 Å². The molecule has 0 aliphatic carbocycles. The molecule has 2 rings (SSSR count). The Labute approximate surface area is 176 Å². The van der Waals surface area contributed by atoms with Crippen LogP contribution in [0, 0.1) is 10.1 Å². The van der Waals surface area contributed by atoms with Crippen molar-refractivity contribution in [1.82, 2.24) is 0 Å². The number of halogens is 6. The van der Waals surface area contributed by atoms with Crippen LogP contribution in [-0.4, -0.2) is 17.5 Å². The van der Waals surface area contributed by atoms with Crippen molar-refractivity contribution in [2.24, 2.45) is 0 Å². The molecule has 6 nitrogen and oxygen atoms in total. The van der Waals surface area contributed by atoms with Gasteiger partial charge in [0.1, 0.15) is 23.7 Å². The van der Waals surface area contributed by atoms with Crippen LogP contribution in [0.25, 0.3) is 0 Å². The van der Waals surface area contributed by atoms with E-state index in [4.69, 9.17) is 44.3 Å². The van der Waals surface area contributed by atoms with Crippen molar-refractivity contribution in [3.05, 3.63) is 73.2 Å². The van der Waals surface area contributed by atoms with Crippen LogP contribution >= 0.6 is 34.8 Å². The van der Waals surface area contributed by atoms with E-state index < -0.39 is 40.5 Å². The molecule has 0 unspecified atom stereocenters. The number of carbonyl (C=O) groups is 1. The molecule has 154 valence electrons. The molecule has 0 aromatic heterocycles. The van der Waals surface area contributed by atoms with E-state index in [2.05, 4.69) is 0 Å². The predicted octanol–water partition coefficient (Wildman–Crippen LogP) is 6.54. The van der Waals surface area contributed by atoms with Crippen LogP contribution in [0.15, 0.2) is 47.0 Å². The fourth-order valence-electron chi connectivity index (χ4n) is 2.03. The van der Waals surface area contributed by atoms with Crippen LogP contribution in [0.5, 0.6) is 11.5 Å². The standard InChI is InChI=1S/C17H9Cl3F3NO5/c18-7-10(19)8-28-16(25)12-6-11(2-3-14(12)24(26)27)29-15-4-1-9(5-13(15)20)17(21,22)23/h1-7H,8H2/b10-7-. The molecule has 0 fully saturated rings. The zero-order valence-corrected chi connectivity index (χ0v) is 16.3. The number of ether oxygens (including phenoxy) is 2. The molecular formula is C17H9Cl3F3NO5. The first-order valence-electron chi connectivity index (χ1n) is 7.48. The van der Waals surface area contributed by atoms with Crippen LogP contribution in [0.3, 0.4) is 0 Å². The lowest BCUT2D eigenvalue weighted by atomic mass is 10.1. The van der Waals surface area contributed by atoms with Crippen molar-refractivity contribution < 1.29 is 32.4 Å². The summed E-state index contributed by atoms with van der Waals surface area (Å²) in [6.07, 6.45) is -4.59. The van der Waals surface area contributed by atoms with Gasteiger partial charge in [-0.1, -0.05) is 34.8 Å². The second-order valence-electron chi connectivity index (χ2n) is 5.31. The van der Waals surface area contributed by atoms with Gasteiger partial charge in [-0.25, -0.2) is 4.79 Å². The molecule has 0 bridgehead atoms. The summed E-state index contributed by atoms with van der Waals surface area (Å²) in [5.74, 6) is -1.33. The molecule has 0 heterocycles. The van der Waals surface area contributed by atoms with Gasteiger partial charge in [0.05, 0.1) is 20.5 Å². The first-order chi connectivity index (χ1) is 13.5. The van der Waals surface area contributed by atoms with Crippen molar-refractivity contribution in [2.45, 2.75) is 6.18 Å². The molecule has 29 heavy (non-hydrogen) atoms. The normalized spacial score (nSPS) is 11.9. The Morgan fingerprint density at radius 3 is 2.45 bits per heavy atom. The molecule has 0 N–H and O–H groups in total. The minimum absolute atomic E-state index is 0.0217. The van der Waals surface area contributed by atoms with E-state index in [1.54, 1.807) is 0 Å². The van der Waals surface area contributed by atoms with Crippen LogP contribution < -0.4 is 4.74 Å². The molecule has 0 radical (unpaired) electrons. The highest BCUT2D eigenvalue weighted by atomic mass is 35.5. The first-order valence-corrected chi connectivity index (χ1v) is 8.67. The van der Waals surface area contributed by atoms with Crippen molar-refractivity contribution in [1.29, 1.82) is 0 Å². The number of benzene rings is 2. The summed E-state index contributed by atoms with van der Waals surface area (Å²) in [6.45, 7) is -0.420. The molecule has 0 atom stereocenters. The summed E-state index contributed by atoms with van der Waals surface area (Å²) >= 11 is 16.7. The average molecular weight is 471 g/mol. The Kier molecular flexibility index (Phi) is 7.34. The minimum atomic E-state index is -4.59. The van der Waals surface area contributed by atoms with Gasteiger partial charge < -0.3 is 9.47 Å². The van der Waals surface area contributed by atoms with Crippen molar-refractivity contribution >= 4 is 46.5 Å². The molecule has 0 saturated carbocycles. The Balaban J connectivity index is 2.33. The van der Waals surface area contributed by atoms with E-state index in [1.807, 2.05) is 0 Å². The highest BCUT2D eigenvalue weighted by Gasteiger charge is 2.31. The third-order valence-electron chi connectivity index (χ3n) is 3.33. The molecule has 0 saturated heterocycles. The smallest absolute Gasteiger partial charge is 0.416 e. The summed E-state index contributed by atoms with van der Waals surface area (Å²) in [6, 6.07) is 5.51. The lowest BCUT2D eigenvalue weighted by molar-refractivity contribution is -0.385. The van der Waals surface area contributed by atoms with E-state index >= 15 is 0 Å². The molecule has 12 heteroatoms. The zero-order chi connectivity index (χ0) is 21.8. The largest absolute Gasteiger partial charge is 0.456 e. The maximum Gasteiger partial charge on any atom is 0.416 e. The number of esters is 1. The fraction of sp³-hybridized carbons (Fsp3) is 0.118. The van der Waals surface area contributed by atoms with E-state index in [-0.39, 0.29) is 21.6 Å². The van der Waals surface area contributed by atoms with E-state index in [1.165, 1.54) is 0 Å². The minimum Gasteiger partial charge on any atom is -0.456 e. The van der Waals surface area contributed by atoms with Crippen molar-refractivity contribution in [3.8, 4) is 11.5 Å². The predicted molar refractivity (Wildman–Crippen MR) is 99.7 cm³/mol. The van der Waals surface area contributed by atoms with Crippen LogP contribution in [0.1, 0.15) is 15.9 Å². The molecule has 0 aliphatic heterocycles. The van der Waals surface area contributed by atoms with Crippen LogP contribution in [0.4, 0.5) is 18.9 Å². The topological polar surface area (TPSA) is 78.7 Å². The van der Waals surface area contributed by atoms with E-state index in [9.17, 15) is 28.1 Å². The number of alkyl halides is 3. The van der Waals surface area contributed by atoms with E-state index in [0.29, 0.717) is 6.07 Å². The Bertz CT molecular complexity index is 979. The summed E-state index contributed by atoms with van der Waals surface area (Å²) in [5, 5.41) is 10.8. The highest BCUT2D eigenvalue weighted by Crippen LogP contribution is 2.37. The second kappa shape index (κ2) is 9.34. The van der Waals surface area contributed by atoms with Gasteiger partial charge in [-0.3, -0.25) is 10.1 Å². The lowest BCUT2D eigenvalue weighted by Gasteiger charge is -2.12. The zero-order valence-electron chi connectivity index (χ0n) is 14.0. The SMILES string of the molecule is O=C(OC/C(Cl)=C/Cl)c1cc(Oc2ccc(C(F)(F)F)cc2Cl)ccc1[N+](=O)[O-]. The molecular weight excluding hydrogens is 462 g/mol. The number of nitro benzene ring substituents is 1. The summed E-state index contributed by atoms with van der Waals surface area (Å²) in [5.41, 5.74) is -1.07. The van der Waals surface area contributed by atoms with Crippen molar-refractivity contribution in [3.63, 3.8) is 0 Å². The molecule has 0 aliphatic rings. The number of carbonyl (C=O) groups excluding carboxylic acids is 1. The average Bonchev–Trinajstić information content (AvgIpc) is 2.66. The molecule has 2 aromatic carbocycles. The maximum atomic E-state index is 12.7. The van der Waals surface area contributed by atoms with Crippen molar-refractivity contribution in [2.75, 3.05) is 6.61 Å². The number of nitrogens with zero attached hydrogens (tertiary/aromatic N) is 1. The van der Waals surface area contributed by atoms with Gasteiger partial charge in [0.2, 0.25) is 0 Å². The van der Waals surface area contributed by atoms with Gasteiger partial charge in [0.15, 0.2) is 0 Å². The number of hydrogen-bond donors (Lipinski definition) is 0. The third kappa shape index (κ3) is 5.99. The molecule has 0 amide bonds. The van der Waals surface area contributed by atoms with Gasteiger partial charge in [-0.15, -0.1) is 0 Å². The summed E-state index contributed by atoms with van der Waals surface area (Å²) in [4.78, 5) is 22.5. The molecule has 2 aromatic rings. The highest BCUT2D eigenvalue weighted by molar-refractivity contribution is 6.36. The van der Waals surface area contributed by atoms with Gasteiger partial charge in [0, 0.05) is 17.7 Å². The monoisotopic (exact) mass is 469 g/mol. The lowest BCUT2D eigenvalue weighted by Crippen LogP contribution is -2.09. The van der Waals surface area contributed by atoms with Gasteiger partial charge in [-0.2, -0.15) is 13.2 Å². The number of rotatable bonds is 6. The maximum absolute atomic E-state index is 12.7.